The Bertz CT molecular complexity index is 355. The number of likely N-dealkylation sites (tertiary alicyclic amines) is 1. The maximum absolute atomic E-state index is 2.75. The molecule has 0 spiro atoms. The first-order chi connectivity index (χ1) is 11.0. The summed E-state index contributed by atoms with van der Waals surface area (Å²) in [5, 5.41) is 0. The van der Waals surface area contributed by atoms with Crippen molar-refractivity contribution in [1.29, 1.82) is 0 Å². The molecule has 2 aliphatic heterocycles. The summed E-state index contributed by atoms with van der Waals surface area (Å²) in [6.45, 7) is 25.4. The largest absolute Gasteiger partial charge is 0.298 e. The summed E-state index contributed by atoms with van der Waals surface area (Å²) < 4.78 is 0. The van der Waals surface area contributed by atoms with Gasteiger partial charge in [-0.25, -0.2) is 0 Å². The van der Waals surface area contributed by atoms with Gasteiger partial charge in [0.25, 0.3) is 0 Å². The van der Waals surface area contributed by atoms with Gasteiger partial charge in [0.2, 0.25) is 0 Å². The number of hydrogen-bond donors (Lipinski definition) is 0. The molecule has 0 aromatic carbocycles. The smallest absolute Gasteiger partial charge is 0.0513 e. The minimum atomic E-state index is 0.287. The van der Waals surface area contributed by atoms with Gasteiger partial charge in [0.05, 0.1) is 6.67 Å². The first-order valence-corrected chi connectivity index (χ1v) is 10.2. The molecule has 142 valence electrons. The zero-order chi connectivity index (χ0) is 18.1. The van der Waals surface area contributed by atoms with Crippen LogP contribution in [-0.2, 0) is 0 Å². The van der Waals surface area contributed by atoms with Gasteiger partial charge in [-0.2, -0.15) is 0 Å². The van der Waals surface area contributed by atoms with Crippen LogP contribution in [-0.4, -0.2) is 64.7 Å². The molecule has 0 aromatic heterocycles. The van der Waals surface area contributed by atoms with Crippen LogP contribution < -0.4 is 0 Å². The highest BCUT2D eigenvalue weighted by Gasteiger charge is 2.35. The van der Waals surface area contributed by atoms with Gasteiger partial charge in [-0.3, -0.25) is 14.7 Å². The molecule has 2 fully saturated rings. The Morgan fingerprint density at radius 1 is 0.792 bits per heavy atom. The Morgan fingerprint density at radius 3 is 1.96 bits per heavy atom. The third kappa shape index (κ3) is 4.95. The molecule has 0 N–H and O–H groups in total. The predicted octanol–water partition coefficient (Wildman–Crippen LogP) is 4.29. The summed E-state index contributed by atoms with van der Waals surface area (Å²) in [5.41, 5.74) is 0.602. The van der Waals surface area contributed by atoms with Crippen molar-refractivity contribution in [2.24, 2.45) is 11.8 Å². The van der Waals surface area contributed by atoms with E-state index < -0.39 is 0 Å². The molecule has 2 aliphatic rings. The van der Waals surface area contributed by atoms with Crippen LogP contribution in [0.5, 0.6) is 0 Å². The topological polar surface area (TPSA) is 9.72 Å². The van der Waals surface area contributed by atoms with Crippen LogP contribution in [0.2, 0.25) is 0 Å². The van der Waals surface area contributed by atoms with E-state index in [0.717, 1.165) is 18.5 Å². The molecule has 2 rings (SSSR count). The van der Waals surface area contributed by atoms with Crippen molar-refractivity contribution in [3.8, 4) is 0 Å². The summed E-state index contributed by atoms with van der Waals surface area (Å²) in [5.74, 6) is 1.62. The molecule has 3 heteroatoms. The molecule has 2 saturated heterocycles. The number of hydrogen-bond acceptors (Lipinski definition) is 3. The first kappa shape index (κ1) is 20.2. The molecular formula is C21H43N3. The predicted molar refractivity (Wildman–Crippen MR) is 105 cm³/mol. The van der Waals surface area contributed by atoms with E-state index in [1.807, 2.05) is 0 Å². The van der Waals surface area contributed by atoms with E-state index in [0.29, 0.717) is 11.6 Å². The molecule has 3 unspecified atom stereocenters. The number of piperidine rings is 1. The van der Waals surface area contributed by atoms with E-state index in [4.69, 9.17) is 0 Å². The lowest BCUT2D eigenvalue weighted by atomic mass is 9.80. The maximum Gasteiger partial charge on any atom is 0.0513 e. The van der Waals surface area contributed by atoms with Crippen LogP contribution in [0.1, 0.15) is 74.7 Å². The van der Waals surface area contributed by atoms with E-state index >= 15 is 0 Å². The van der Waals surface area contributed by atoms with E-state index in [1.165, 1.54) is 45.4 Å². The molecule has 0 aliphatic carbocycles. The Kier molecular flexibility index (Phi) is 6.42. The molecule has 0 bridgehead atoms. The Hall–Kier alpha value is -0.120. The summed E-state index contributed by atoms with van der Waals surface area (Å²) in [4.78, 5) is 8.11. The SMILES string of the molecule is CC(C1CCCN(C(C)(C)C)C1)C(C)N1CCCN(C(C)(C)C)C1. The monoisotopic (exact) mass is 337 g/mol. The number of rotatable bonds is 3. The highest BCUT2D eigenvalue weighted by atomic mass is 15.4. The van der Waals surface area contributed by atoms with E-state index in [-0.39, 0.29) is 5.54 Å². The average Bonchev–Trinajstić information content (AvgIpc) is 2.52. The van der Waals surface area contributed by atoms with Crippen molar-refractivity contribution in [2.45, 2.75) is 91.8 Å². The second-order valence-corrected chi connectivity index (χ2v) is 10.4. The van der Waals surface area contributed by atoms with Crippen LogP contribution in [0.15, 0.2) is 0 Å². The Morgan fingerprint density at radius 2 is 1.38 bits per heavy atom. The highest BCUT2D eigenvalue weighted by molar-refractivity contribution is 4.89. The second kappa shape index (κ2) is 7.63. The molecule has 3 atom stereocenters. The summed E-state index contributed by atoms with van der Waals surface area (Å²) >= 11 is 0. The molecular weight excluding hydrogens is 294 g/mol. The third-order valence-corrected chi connectivity index (χ3v) is 6.66. The molecule has 2 heterocycles. The van der Waals surface area contributed by atoms with E-state index in [1.54, 1.807) is 0 Å². The Balaban J connectivity index is 1.97. The van der Waals surface area contributed by atoms with Gasteiger partial charge in [-0.05, 0) is 86.1 Å². The first-order valence-electron chi connectivity index (χ1n) is 10.2. The van der Waals surface area contributed by atoms with Gasteiger partial charge in [-0.15, -0.1) is 0 Å². The van der Waals surface area contributed by atoms with E-state index in [2.05, 4.69) is 70.1 Å². The summed E-state index contributed by atoms with van der Waals surface area (Å²) in [6.07, 6.45) is 4.09. The molecule has 0 radical (unpaired) electrons. The molecule has 3 nitrogen and oxygen atoms in total. The second-order valence-electron chi connectivity index (χ2n) is 10.4. The van der Waals surface area contributed by atoms with Gasteiger partial charge in [0, 0.05) is 36.8 Å². The molecule has 24 heavy (non-hydrogen) atoms. The molecule has 0 amide bonds. The van der Waals surface area contributed by atoms with Gasteiger partial charge in [-0.1, -0.05) is 6.92 Å². The lowest BCUT2D eigenvalue weighted by molar-refractivity contribution is -0.0253. The zero-order valence-electron chi connectivity index (χ0n) is 17.7. The van der Waals surface area contributed by atoms with Crippen molar-refractivity contribution >= 4 is 0 Å². The quantitative estimate of drug-likeness (QED) is 0.761. The van der Waals surface area contributed by atoms with Crippen molar-refractivity contribution in [3.63, 3.8) is 0 Å². The van der Waals surface area contributed by atoms with Crippen LogP contribution in [0.25, 0.3) is 0 Å². The standard InChI is InChI=1S/C21H43N3/c1-17(19-11-9-13-23(15-19)20(3,4)5)18(2)22-12-10-14-24(16-22)21(6,7)8/h17-19H,9-16H2,1-8H3. The fraction of sp³-hybridized carbons (Fsp3) is 1.00. The van der Waals surface area contributed by atoms with E-state index in [9.17, 15) is 0 Å². The highest BCUT2D eigenvalue weighted by Crippen LogP contribution is 2.32. The summed E-state index contributed by atoms with van der Waals surface area (Å²) in [7, 11) is 0. The van der Waals surface area contributed by atoms with Crippen molar-refractivity contribution in [2.75, 3.05) is 32.8 Å². The fourth-order valence-corrected chi connectivity index (χ4v) is 4.48. The van der Waals surface area contributed by atoms with Crippen molar-refractivity contribution < 1.29 is 0 Å². The molecule has 0 saturated carbocycles. The van der Waals surface area contributed by atoms with Gasteiger partial charge < -0.3 is 0 Å². The number of nitrogens with zero attached hydrogens (tertiary/aromatic N) is 3. The third-order valence-electron chi connectivity index (χ3n) is 6.66. The van der Waals surface area contributed by atoms with Crippen LogP contribution in [0, 0.1) is 11.8 Å². The van der Waals surface area contributed by atoms with Crippen LogP contribution in [0.4, 0.5) is 0 Å². The normalized spacial score (nSPS) is 28.8. The van der Waals surface area contributed by atoms with Crippen molar-refractivity contribution in [3.05, 3.63) is 0 Å². The molecule has 0 aromatic rings. The minimum Gasteiger partial charge on any atom is -0.298 e. The van der Waals surface area contributed by atoms with Crippen molar-refractivity contribution in [1.82, 2.24) is 14.7 Å². The Labute approximate surface area is 151 Å². The average molecular weight is 338 g/mol. The lowest BCUT2D eigenvalue weighted by Crippen LogP contribution is -2.57. The van der Waals surface area contributed by atoms with Crippen LogP contribution >= 0.6 is 0 Å². The van der Waals surface area contributed by atoms with Gasteiger partial charge >= 0.3 is 0 Å². The fourth-order valence-electron chi connectivity index (χ4n) is 4.48. The van der Waals surface area contributed by atoms with Gasteiger partial charge in [0.15, 0.2) is 0 Å². The van der Waals surface area contributed by atoms with Gasteiger partial charge in [0.1, 0.15) is 0 Å². The zero-order valence-corrected chi connectivity index (χ0v) is 17.7. The minimum absolute atomic E-state index is 0.287. The van der Waals surface area contributed by atoms with Crippen LogP contribution in [0.3, 0.4) is 0 Å². The summed E-state index contributed by atoms with van der Waals surface area (Å²) in [6, 6.07) is 0.681. The maximum atomic E-state index is 2.75. The lowest BCUT2D eigenvalue weighted by Gasteiger charge is -2.49.